The maximum absolute atomic E-state index is 12.5. The molecule has 0 radical (unpaired) electrons. The van der Waals surface area contributed by atoms with E-state index >= 15 is 0 Å². The highest BCUT2D eigenvalue weighted by Crippen LogP contribution is 2.43. The Balaban J connectivity index is 4.43. The Kier molecular flexibility index (Phi) is 32.8. The van der Waals surface area contributed by atoms with Crippen LogP contribution in [0.2, 0.25) is 0 Å². The Hall–Kier alpha value is -1.55. The molecule has 0 heterocycles. The van der Waals surface area contributed by atoms with Crippen molar-refractivity contribution in [3.05, 3.63) is 24.3 Å². The average Bonchev–Trinajstić information content (AvgIpc) is 3.07. The molecule has 0 aliphatic heterocycles. The molecule has 0 aliphatic rings. The highest BCUT2D eigenvalue weighted by atomic mass is 31.2. The summed E-state index contributed by atoms with van der Waals surface area (Å²) in [6.07, 6.45) is 30.1. The Labute approximate surface area is 291 Å². The lowest BCUT2D eigenvalue weighted by molar-refractivity contribution is -0.161. The number of aliphatic hydroxyl groups excluding tert-OH is 2. The Bertz CT molecular complexity index is 863. The molecule has 0 saturated heterocycles. The average molecular weight is 705 g/mol. The molecular formula is C37H69O10P. The van der Waals surface area contributed by atoms with Crippen LogP contribution < -0.4 is 0 Å². The van der Waals surface area contributed by atoms with Crippen LogP contribution in [0.5, 0.6) is 0 Å². The van der Waals surface area contributed by atoms with Crippen LogP contribution in [0, 0.1) is 0 Å². The van der Waals surface area contributed by atoms with Gasteiger partial charge in [-0.3, -0.25) is 18.6 Å². The van der Waals surface area contributed by atoms with Crippen LogP contribution in [-0.4, -0.2) is 65.7 Å². The SMILES string of the molecule is CCCCCCCC/C=C/C/C=C/CCCCC(=O)O[C@H](COC(=O)CCCCCCCCCCCC)COP(=O)(O)OC[C@@H](O)CO. The van der Waals surface area contributed by atoms with Crippen molar-refractivity contribution in [2.24, 2.45) is 0 Å². The minimum Gasteiger partial charge on any atom is -0.462 e. The van der Waals surface area contributed by atoms with Crippen LogP contribution in [0.1, 0.15) is 162 Å². The minimum atomic E-state index is -4.61. The molecule has 282 valence electrons. The molecule has 3 atom stereocenters. The number of allylic oxidation sites excluding steroid dienone is 4. The second-order valence-electron chi connectivity index (χ2n) is 12.6. The van der Waals surface area contributed by atoms with E-state index in [-0.39, 0.29) is 19.4 Å². The van der Waals surface area contributed by atoms with Gasteiger partial charge in [0.05, 0.1) is 19.8 Å². The molecule has 0 amide bonds. The van der Waals surface area contributed by atoms with Gasteiger partial charge in [0.25, 0.3) is 0 Å². The van der Waals surface area contributed by atoms with Crippen LogP contribution in [0.25, 0.3) is 0 Å². The number of carbonyl (C=O) groups excluding carboxylic acids is 2. The molecule has 0 bridgehead atoms. The number of rotatable bonds is 35. The molecule has 48 heavy (non-hydrogen) atoms. The summed E-state index contributed by atoms with van der Waals surface area (Å²) >= 11 is 0. The van der Waals surface area contributed by atoms with E-state index < -0.39 is 51.8 Å². The fourth-order valence-corrected chi connectivity index (χ4v) is 5.69. The Morgan fingerprint density at radius 2 is 1.08 bits per heavy atom. The van der Waals surface area contributed by atoms with Crippen molar-refractivity contribution in [2.75, 3.05) is 26.4 Å². The summed E-state index contributed by atoms with van der Waals surface area (Å²) in [6, 6.07) is 0. The fourth-order valence-electron chi connectivity index (χ4n) is 4.90. The maximum atomic E-state index is 12.5. The van der Waals surface area contributed by atoms with Crippen molar-refractivity contribution in [3.63, 3.8) is 0 Å². The van der Waals surface area contributed by atoms with Gasteiger partial charge >= 0.3 is 19.8 Å². The van der Waals surface area contributed by atoms with Gasteiger partial charge in [-0.15, -0.1) is 0 Å². The van der Waals surface area contributed by atoms with Crippen LogP contribution in [0.3, 0.4) is 0 Å². The van der Waals surface area contributed by atoms with E-state index in [1.165, 1.54) is 77.0 Å². The van der Waals surface area contributed by atoms with Crippen molar-refractivity contribution in [2.45, 2.75) is 174 Å². The van der Waals surface area contributed by atoms with E-state index in [4.69, 9.17) is 19.1 Å². The van der Waals surface area contributed by atoms with E-state index in [0.29, 0.717) is 12.8 Å². The first-order valence-corrected chi connectivity index (χ1v) is 20.3. The first-order chi connectivity index (χ1) is 23.2. The largest absolute Gasteiger partial charge is 0.472 e. The van der Waals surface area contributed by atoms with Gasteiger partial charge in [-0.25, -0.2) is 4.57 Å². The van der Waals surface area contributed by atoms with E-state index in [1.54, 1.807) is 0 Å². The quantitative estimate of drug-likeness (QED) is 0.0252. The van der Waals surface area contributed by atoms with Gasteiger partial charge in [-0.2, -0.15) is 0 Å². The number of ether oxygens (including phenoxy) is 2. The standard InChI is InChI=1S/C37H69O10P/c1-3-5-7-9-11-13-15-16-17-18-19-21-23-25-27-29-37(41)47-35(33-46-48(42,43)45-31-34(39)30-38)32-44-36(40)28-26-24-22-20-14-12-10-8-6-4-2/h16-17,19,21,34-35,38-39H,3-15,18,20,22-33H2,1-2H3,(H,42,43)/b17-16+,21-19+/t34-,35+/m0/s1. The molecule has 0 fully saturated rings. The molecule has 0 aromatic rings. The van der Waals surface area contributed by atoms with Crippen molar-refractivity contribution < 1.29 is 47.8 Å². The summed E-state index contributed by atoms with van der Waals surface area (Å²) in [5, 5.41) is 18.2. The second kappa shape index (κ2) is 33.9. The maximum Gasteiger partial charge on any atom is 0.472 e. The molecule has 3 N–H and O–H groups in total. The fraction of sp³-hybridized carbons (Fsp3) is 0.838. The number of hydrogen-bond donors (Lipinski definition) is 3. The third-order valence-corrected chi connectivity index (χ3v) is 8.81. The first kappa shape index (κ1) is 46.5. The number of carbonyl (C=O) groups is 2. The van der Waals surface area contributed by atoms with E-state index in [2.05, 4.69) is 42.7 Å². The zero-order valence-electron chi connectivity index (χ0n) is 30.2. The van der Waals surface area contributed by atoms with Crippen molar-refractivity contribution >= 4 is 19.8 Å². The molecule has 0 aromatic heterocycles. The summed E-state index contributed by atoms with van der Waals surface area (Å²) in [5.74, 6) is -0.963. The normalized spacial score (nSPS) is 14.4. The molecule has 0 rings (SSSR count). The summed E-state index contributed by atoms with van der Waals surface area (Å²) in [6.45, 7) is 2.30. The number of hydrogen-bond acceptors (Lipinski definition) is 9. The Morgan fingerprint density at radius 1 is 0.625 bits per heavy atom. The van der Waals surface area contributed by atoms with Gasteiger partial charge < -0.3 is 24.6 Å². The summed E-state index contributed by atoms with van der Waals surface area (Å²) in [5.41, 5.74) is 0. The first-order valence-electron chi connectivity index (χ1n) is 18.8. The van der Waals surface area contributed by atoms with Gasteiger partial charge in [0.2, 0.25) is 0 Å². The number of aliphatic hydroxyl groups is 2. The van der Waals surface area contributed by atoms with Crippen molar-refractivity contribution in [3.8, 4) is 0 Å². The Morgan fingerprint density at radius 3 is 1.65 bits per heavy atom. The molecule has 11 heteroatoms. The van der Waals surface area contributed by atoms with Crippen LogP contribution >= 0.6 is 7.82 Å². The van der Waals surface area contributed by atoms with Crippen molar-refractivity contribution in [1.82, 2.24) is 0 Å². The summed E-state index contributed by atoms with van der Waals surface area (Å²) in [4.78, 5) is 34.7. The minimum absolute atomic E-state index is 0.144. The molecular weight excluding hydrogens is 635 g/mol. The zero-order chi connectivity index (χ0) is 35.6. The molecule has 0 spiro atoms. The van der Waals surface area contributed by atoms with Crippen LogP contribution in [0.15, 0.2) is 24.3 Å². The van der Waals surface area contributed by atoms with Crippen LogP contribution in [-0.2, 0) is 32.7 Å². The lowest BCUT2D eigenvalue weighted by Gasteiger charge is -2.20. The number of phosphoric ester groups is 1. The van der Waals surface area contributed by atoms with Gasteiger partial charge in [-0.1, -0.05) is 128 Å². The molecule has 1 unspecified atom stereocenters. The summed E-state index contributed by atoms with van der Waals surface area (Å²) in [7, 11) is -4.61. The van der Waals surface area contributed by atoms with Crippen LogP contribution in [0.4, 0.5) is 0 Å². The number of esters is 2. The van der Waals surface area contributed by atoms with Gasteiger partial charge in [0, 0.05) is 12.8 Å². The topological polar surface area (TPSA) is 149 Å². The third kappa shape index (κ3) is 33.0. The number of phosphoric acid groups is 1. The molecule has 0 aromatic carbocycles. The molecule has 10 nitrogen and oxygen atoms in total. The van der Waals surface area contributed by atoms with E-state index in [0.717, 1.165) is 44.9 Å². The van der Waals surface area contributed by atoms with Gasteiger partial charge in [0.15, 0.2) is 6.10 Å². The number of unbranched alkanes of at least 4 members (excludes halogenated alkanes) is 17. The lowest BCUT2D eigenvalue weighted by atomic mass is 10.1. The molecule has 0 aliphatic carbocycles. The van der Waals surface area contributed by atoms with Gasteiger partial charge in [0.1, 0.15) is 12.7 Å². The van der Waals surface area contributed by atoms with E-state index in [1.807, 2.05) is 0 Å². The monoisotopic (exact) mass is 704 g/mol. The summed E-state index contributed by atoms with van der Waals surface area (Å²) < 4.78 is 32.5. The van der Waals surface area contributed by atoms with Gasteiger partial charge in [-0.05, 0) is 44.9 Å². The second-order valence-corrected chi connectivity index (χ2v) is 14.1. The highest BCUT2D eigenvalue weighted by Gasteiger charge is 2.27. The van der Waals surface area contributed by atoms with Crippen molar-refractivity contribution in [1.29, 1.82) is 0 Å². The van der Waals surface area contributed by atoms with E-state index in [9.17, 15) is 24.2 Å². The lowest BCUT2D eigenvalue weighted by Crippen LogP contribution is -2.29. The third-order valence-electron chi connectivity index (χ3n) is 7.86. The zero-order valence-corrected chi connectivity index (χ0v) is 31.1. The predicted octanol–water partition coefficient (Wildman–Crippen LogP) is 9.05. The predicted molar refractivity (Wildman–Crippen MR) is 191 cm³/mol. The highest BCUT2D eigenvalue weighted by molar-refractivity contribution is 7.47. The molecule has 0 saturated carbocycles. The smallest absolute Gasteiger partial charge is 0.462 e.